The molecule has 0 saturated heterocycles. The van der Waals surface area contributed by atoms with Gasteiger partial charge >= 0.3 is 5.97 Å². The van der Waals surface area contributed by atoms with Gasteiger partial charge in [0.2, 0.25) is 0 Å². The number of carboxylic acids is 1. The molecule has 0 spiro atoms. The highest BCUT2D eigenvalue weighted by atomic mass is 16.4. The third-order valence-corrected chi connectivity index (χ3v) is 2.75. The molecule has 4 heteroatoms. The second kappa shape index (κ2) is 6.61. The van der Waals surface area contributed by atoms with Gasteiger partial charge in [-0.1, -0.05) is 23.8 Å². The first-order valence-corrected chi connectivity index (χ1v) is 6.10. The van der Waals surface area contributed by atoms with Crippen molar-refractivity contribution in [1.29, 1.82) is 0 Å². The number of carboxylic acid groups (broad SMARTS) is 1. The molecule has 0 aromatic heterocycles. The lowest BCUT2D eigenvalue weighted by molar-refractivity contribution is 0.0693. The van der Waals surface area contributed by atoms with Crippen LogP contribution in [0.4, 0.5) is 0 Å². The predicted octanol–water partition coefficient (Wildman–Crippen LogP) is 3.41. The summed E-state index contributed by atoms with van der Waals surface area (Å²) >= 11 is 0. The van der Waals surface area contributed by atoms with E-state index in [1.165, 1.54) is 12.1 Å². The number of phenolic OH excluding ortho intramolecular Hbond substituents is 1. The summed E-state index contributed by atoms with van der Waals surface area (Å²) in [5, 5.41) is 26.7. The summed E-state index contributed by atoms with van der Waals surface area (Å²) in [4.78, 5) is 10.4. The maximum absolute atomic E-state index is 10.4. The number of aryl methyl sites for hydroxylation is 3. The van der Waals surface area contributed by atoms with Gasteiger partial charge in [0.15, 0.2) is 0 Å². The van der Waals surface area contributed by atoms with Crippen LogP contribution < -0.4 is 0 Å². The Morgan fingerprint density at radius 2 is 1.40 bits per heavy atom. The zero-order valence-corrected chi connectivity index (χ0v) is 11.7. The van der Waals surface area contributed by atoms with Crippen molar-refractivity contribution in [3.05, 3.63) is 58.7 Å². The van der Waals surface area contributed by atoms with Gasteiger partial charge in [-0.2, -0.15) is 0 Å². The maximum Gasteiger partial charge on any atom is 0.339 e. The molecule has 3 N–H and O–H groups in total. The molecular formula is C16H18O4. The van der Waals surface area contributed by atoms with Gasteiger partial charge in [-0.3, -0.25) is 0 Å². The maximum atomic E-state index is 10.4. The van der Waals surface area contributed by atoms with Crippen molar-refractivity contribution in [2.75, 3.05) is 0 Å². The van der Waals surface area contributed by atoms with Crippen molar-refractivity contribution >= 4 is 5.97 Å². The van der Waals surface area contributed by atoms with Crippen molar-refractivity contribution in [3.8, 4) is 11.5 Å². The predicted molar refractivity (Wildman–Crippen MR) is 77.4 cm³/mol. The zero-order chi connectivity index (χ0) is 15.3. The standard InChI is InChI=1S/C8H8O3.C8H10O/c1-5-2-3-7(9)6(4-5)8(10)11;1-6-3-4-7(2)8(9)5-6/h2-4,9H,1H3,(H,10,11);3-5,9H,1-2H3. The molecule has 0 bridgehead atoms. The Bertz CT molecular complexity index is 618. The van der Waals surface area contributed by atoms with Crippen molar-refractivity contribution in [2.24, 2.45) is 0 Å². The molecule has 2 aromatic carbocycles. The topological polar surface area (TPSA) is 77.8 Å². The molecule has 0 atom stereocenters. The summed E-state index contributed by atoms with van der Waals surface area (Å²) in [5.41, 5.74) is 2.80. The highest BCUT2D eigenvalue weighted by Gasteiger charge is 2.07. The first-order valence-electron chi connectivity index (χ1n) is 6.10. The fourth-order valence-electron chi connectivity index (χ4n) is 1.54. The quantitative estimate of drug-likeness (QED) is 0.744. The minimum atomic E-state index is -1.11. The van der Waals surface area contributed by atoms with Gasteiger partial charge in [-0.25, -0.2) is 4.79 Å². The number of carbonyl (C=O) groups is 1. The van der Waals surface area contributed by atoms with E-state index in [2.05, 4.69) is 0 Å². The van der Waals surface area contributed by atoms with Crippen LogP contribution >= 0.6 is 0 Å². The minimum absolute atomic E-state index is 0.0509. The van der Waals surface area contributed by atoms with Gasteiger partial charge in [0.25, 0.3) is 0 Å². The molecule has 0 saturated carbocycles. The van der Waals surface area contributed by atoms with Gasteiger partial charge in [0, 0.05) is 0 Å². The summed E-state index contributed by atoms with van der Waals surface area (Å²) in [6.07, 6.45) is 0. The van der Waals surface area contributed by atoms with Gasteiger partial charge in [0.1, 0.15) is 17.1 Å². The third-order valence-electron chi connectivity index (χ3n) is 2.75. The first kappa shape index (κ1) is 15.6. The third kappa shape index (κ3) is 4.31. The van der Waals surface area contributed by atoms with Crippen LogP contribution in [0.15, 0.2) is 36.4 Å². The summed E-state index contributed by atoms with van der Waals surface area (Å²) in [6.45, 7) is 5.61. The molecular weight excluding hydrogens is 256 g/mol. The van der Waals surface area contributed by atoms with Gasteiger partial charge in [-0.05, 0) is 50.1 Å². The number of benzene rings is 2. The Morgan fingerprint density at radius 3 is 1.85 bits per heavy atom. The summed E-state index contributed by atoms with van der Waals surface area (Å²) in [6, 6.07) is 10.1. The van der Waals surface area contributed by atoms with Crippen LogP contribution in [0.25, 0.3) is 0 Å². The SMILES string of the molecule is Cc1ccc(C)c(O)c1.Cc1ccc(O)c(C(=O)O)c1. The van der Waals surface area contributed by atoms with Gasteiger partial charge < -0.3 is 15.3 Å². The molecule has 0 heterocycles. The molecule has 0 radical (unpaired) electrons. The highest BCUT2D eigenvalue weighted by Crippen LogP contribution is 2.17. The minimum Gasteiger partial charge on any atom is -0.508 e. The Balaban J connectivity index is 0.000000204. The Hall–Kier alpha value is -2.49. The molecule has 20 heavy (non-hydrogen) atoms. The van der Waals surface area contributed by atoms with Crippen LogP contribution in [-0.4, -0.2) is 21.3 Å². The molecule has 0 aliphatic rings. The Morgan fingerprint density at radius 1 is 0.850 bits per heavy atom. The van der Waals surface area contributed by atoms with E-state index in [0.29, 0.717) is 5.75 Å². The van der Waals surface area contributed by atoms with E-state index in [0.717, 1.165) is 16.7 Å². The lowest BCUT2D eigenvalue weighted by atomic mass is 10.1. The number of phenols is 2. The van der Waals surface area contributed by atoms with Crippen molar-refractivity contribution in [1.82, 2.24) is 0 Å². The first-order chi connectivity index (χ1) is 9.31. The van der Waals surface area contributed by atoms with Crippen LogP contribution in [0, 0.1) is 20.8 Å². The molecule has 106 valence electrons. The Labute approximate surface area is 117 Å². The highest BCUT2D eigenvalue weighted by molar-refractivity contribution is 5.90. The van der Waals surface area contributed by atoms with E-state index in [1.54, 1.807) is 19.1 Å². The number of hydrogen-bond donors (Lipinski definition) is 3. The monoisotopic (exact) mass is 274 g/mol. The molecule has 0 unspecified atom stereocenters. The number of rotatable bonds is 1. The average molecular weight is 274 g/mol. The van der Waals surface area contributed by atoms with Gasteiger partial charge in [-0.15, -0.1) is 0 Å². The molecule has 2 rings (SSSR count). The number of aromatic hydroxyl groups is 2. The van der Waals surface area contributed by atoms with Gasteiger partial charge in [0.05, 0.1) is 0 Å². The normalized spacial score (nSPS) is 9.55. The van der Waals surface area contributed by atoms with Crippen LogP contribution in [0.3, 0.4) is 0 Å². The van der Waals surface area contributed by atoms with Crippen molar-refractivity contribution in [3.63, 3.8) is 0 Å². The smallest absolute Gasteiger partial charge is 0.339 e. The fraction of sp³-hybridized carbons (Fsp3) is 0.188. The van der Waals surface area contributed by atoms with E-state index in [1.807, 2.05) is 26.0 Å². The summed E-state index contributed by atoms with van der Waals surface area (Å²) in [7, 11) is 0. The summed E-state index contributed by atoms with van der Waals surface area (Å²) in [5.74, 6) is -0.913. The zero-order valence-electron chi connectivity index (χ0n) is 11.7. The van der Waals surface area contributed by atoms with Crippen LogP contribution in [0.5, 0.6) is 11.5 Å². The molecule has 0 aliphatic carbocycles. The van der Waals surface area contributed by atoms with E-state index >= 15 is 0 Å². The van der Waals surface area contributed by atoms with E-state index in [9.17, 15) is 4.79 Å². The largest absolute Gasteiger partial charge is 0.508 e. The van der Waals surface area contributed by atoms with Crippen molar-refractivity contribution < 1.29 is 20.1 Å². The molecule has 2 aromatic rings. The number of aromatic carboxylic acids is 1. The van der Waals surface area contributed by atoms with E-state index in [4.69, 9.17) is 15.3 Å². The second-order valence-electron chi connectivity index (χ2n) is 4.62. The molecule has 0 amide bonds. The fourth-order valence-corrected chi connectivity index (χ4v) is 1.54. The van der Waals surface area contributed by atoms with E-state index < -0.39 is 5.97 Å². The van der Waals surface area contributed by atoms with E-state index in [-0.39, 0.29) is 11.3 Å². The lowest BCUT2D eigenvalue weighted by Gasteiger charge is -1.98. The van der Waals surface area contributed by atoms with Crippen LogP contribution in [-0.2, 0) is 0 Å². The molecule has 0 fully saturated rings. The lowest BCUT2D eigenvalue weighted by Crippen LogP contribution is -1.96. The van der Waals surface area contributed by atoms with Crippen LogP contribution in [0.1, 0.15) is 27.0 Å². The second-order valence-corrected chi connectivity index (χ2v) is 4.62. The Kier molecular flexibility index (Phi) is 5.15. The average Bonchev–Trinajstić information content (AvgIpc) is 2.38. The summed E-state index contributed by atoms with van der Waals surface area (Å²) < 4.78 is 0. The van der Waals surface area contributed by atoms with Crippen molar-refractivity contribution in [2.45, 2.75) is 20.8 Å². The molecule has 0 aliphatic heterocycles. The van der Waals surface area contributed by atoms with Crippen LogP contribution in [0.2, 0.25) is 0 Å². The molecule has 4 nitrogen and oxygen atoms in total. The number of hydrogen-bond acceptors (Lipinski definition) is 3.